The summed E-state index contributed by atoms with van der Waals surface area (Å²) in [5.41, 5.74) is 2.79. The molecule has 27 heavy (non-hydrogen) atoms. The molecule has 2 aliphatic rings. The van der Waals surface area contributed by atoms with Crippen LogP contribution in [-0.4, -0.2) is 31.4 Å². The van der Waals surface area contributed by atoms with Gasteiger partial charge in [-0.2, -0.15) is 0 Å². The van der Waals surface area contributed by atoms with Crippen LogP contribution >= 0.6 is 0 Å². The van der Waals surface area contributed by atoms with E-state index < -0.39 is 0 Å². The Bertz CT molecular complexity index is 924. The molecule has 6 heteroatoms. The van der Waals surface area contributed by atoms with Gasteiger partial charge in [0.2, 0.25) is 0 Å². The molecule has 0 radical (unpaired) electrons. The third-order valence-electron chi connectivity index (χ3n) is 6.15. The van der Waals surface area contributed by atoms with Gasteiger partial charge in [0.1, 0.15) is 17.5 Å². The molecule has 1 saturated carbocycles. The van der Waals surface area contributed by atoms with Crippen molar-refractivity contribution in [1.82, 2.24) is 24.8 Å². The van der Waals surface area contributed by atoms with Gasteiger partial charge < -0.3 is 9.97 Å². The van der Waals surface area contributed by atoms with Gasteiger partial charge in [-0.3, -0.25) is 4.90 Å². The van der Waals surface area contributed by atoms with Crippen LogP contribution in [-0.2, 0) is 13.0 Å². The molecule has 2 fully saturated rings. The molecule has 0 spiro atoms. The number of rotatable bonds is 5. The van der Waals surface area contributed by atoms with Crippen LogP contribution in [0.4, 0.5) is 4.39 Å². The number of likely N-dealkylation sites (tertiary alicyclic amines) is 1. The number of hydrogen-bond donors (Lipinski definition) is 2. The lowest BCUT2D eigenvalue weighted by Gasteiger charge is -2.21. The van der Waals surface area contributed by atoms with Crippen molar-refractivity contribution in [2.75, 3.05) is 6.54 Å². The number of H-pyrrole nitrogens is 2. The number of aromatic nitrogens is 4. The molecule has 0 amide bonds. The predicted octanol–water partition coefficient (Wildman–Crippen LogP) is 4.49. The Morgan fingerprint density at radius 1 is 1.11 bits per heavy atom. The molecule has 142 valence electrons. The van der Waals surface area contributed by atoms with Gasteiger partial charge in [-0.05, 0) is 43.5 Å². The molecule has 0 bridgehead atoms. The van der Waals surface area contributed by atoms with Crippen molar-refractivity contribution in [3.05, 3.63) is 47.6 Å². The number of hydrogen-bond acceptors (Lipinski definition) is 3. The van der Waals surface area contributed by atoms with E-state index in [2.05, 4.69) is 19.9 Å². The lowest BCUT2D eigenvalue weighted by atomic mass is 10.0. The zero-order chi connectivity index (χ0) is 18.2. The van der Waals surface area contributed by atoms with Gasteiger partial charge in [0.25, 0.3) is 0 Å². The van der Waals surface area contributed by atoms with E-state index in [0.717, 1.165) is 61.0 Å². The van der Waals surface area contributed by atoms with E-state index in [-0.39, 0.29) is 11.9 Å². The lowest BCUT2D eigenvalue weighted by Crippen LogP contribution is -2.23. The molecular weight excluding hydrogens is 341 g/mol. The Hall–Kier alpha value is -2.21. The summed E-state index contributed by atoms with van der Waals surface area (Å²) in [5, 5.41) is 0. The third kappa shape index (κ3) is 3.50. The molecule has 5 rings (SSSR count). The van der Waals surface area contributed by atoms with E-state index in [0.29, 0.717) is 0 Å². The fourth-order valence-electron chi connectivity index (χ4n) is 4.78. The number of nitrogens with zero attached hydrogens (tertiary/aromatic N) is 3. The molecule has 1 aliphatic heterocycles. The molecule has 5 nitrogen and oxygen atoms in total. The van der Waals surface area contributed by atoms with Gasteiger partial charge >= 0.3 is 0 Å². The molecule has 2 N–H and O–H groups in total. The first-order chi connectivity index (χ1) is 13.2. The van der Waals surface area contributed by atoms with Crippen molar-refractivity contribution in [3.63, 3.8) is 0 Å². The number of fused-ring (bicyclic) bond motifs is 1. The van der Waals surface area contributed by atoms with Crippen molar-refractivity contribution in [3.8, 4) is 0 Å². The van der Waals surface area contributed by atoms with Crippen molar-refractivity contribution >= 4 is 11.0 Å². The Morgan fingerprint density at radius 2 is 2.00 bits per heavy atom. The molecule has 0 unspecified atom stereocenters. The fraction of sp³-hybridized carbons (Fsp3) is 0.524. The normalized spacial score (nSPS) is 21.6. The number of benzene rings is 1. The van der Waals surface area contributed by atoms with Crippen LogP contribution in [0.2, 0.25) is 0 Å². The highest BCUT2D eigenvalue weighted by Gasteiger charge is 2.29. The van der Waals surface area contributed by atoms with Gasteiger partial charge in [0.05, 0.1) is 17.1 Å². The Morgan fingerprint density at radius 3 is 2.89 bits per heavy atom. The van der Waals surface area contributed by atoms with Gasteiger partial charge in [-0.15, -0.1) is 0 Å². The molecular formula is C21H26FN5. The average molecular weight is 367 g/mol. The van der Waals surface area contributed by atoms with Gasteiger partial charge in [-0.1, -0.05) is 25.7 Å². The predicted molar refractivity (Wildman–Crippen MR) is 103 cm³/mol. The second-order valence-electron chi connectivity index (χ2n) is 8.12. The van der Waals surface area contributed by atoms with E-state index in [9.17, 15) is 4.39 Å². The summed E-state index contributed by atoms with van der Waals surface area (Å²) in [6.07, 6.45) is 10.7. The van der Waals surface area contributed by atoms with Crippen molar-refractivity contribution in [2.45, 2.75) is 57.5 Å². The minimum absolute atomic E-state index is 0.228. The van der Waals surface area contributed by atoms with Crippen LogP contribution in [0.15, 0.2) is 24.4 Å². The summed E-state index contributed by atoms with van der Waals surface area (Å²) in [5.74, 6) is 2.65. The highest BCUT2D eigenvalue weighted by atomic mass is 19.1. The molecule has 1 saturated heterocycles. The van der Waals surface area contributed by atoms with Crippen LogP contribution in [0.1, 0.15) is 61.9 Å². The first-order valence-electron chi connectivity index (χ1n) is 10.2. The summed E-state index contributed by atoms with van der Waals surface area (Å²) < 4.78 is 13.5. The van der Waals surface area contributed by atoms with Crippen molar-refractivity contribution in [1.29, 1.82) is 0 Å². The van der Waals surface area contributed by atoms with E-state index >= 15 is 0 Å². The smallest absolute Gasteiger partial charge is 0.125 e. The monoisotopic (exact) mass is 367 g/mol. The number of imidazole rings is 2. The first kappa shape index (κ1) is 16.9. The van der Waals surface area contributed by atoms with E-state index in [1.54, 1.807) is 6.07 Å². The summed E-state index contributed by atoms with van der Waals surface area (Å²) >= 11 is 0. The fourth-order valence-corrected chi connectivity index (χ4v) is 4.78. The van der Waals surface area contributed by atoms with E-state index in [1.165, 1.54) is 43.5 Å². The molecule has 1 aromatic carbocycles. The zero-order valence-electron chi connectivity index (χ0n) is 15.5. The zero-order valence-corrected chi connectivity index (χ0v) is 15.5. The summed E-state index contributed by atoms with van der Waals surface area (Å²) in [7, 11) is 0. The largest absolute Gasteiger partial charge is 0.345 e. The number of halogens is 1. The Balaban J connectivity index is 1.30. The molecule has 1 aliphatic carbocycles. The summed E-state index contributed by atoms with van der Waals surface area (Å²) in [6.45, 7) is 1.90. The highest BCUT2D eigenvalue weighted by Crippen LogP contribution is 2.33. The molecule has 3 aromatic rings. The molecule has 1 atom stereocenters. The molecule has 3 heterocycles. The maximum absolute atomic E-state index is 13.5. The second kappa shape index (κ2) is 7.08. The van der Waals surface area contributed by atoms with Crippen LogP contribution in [0.3, 0.4) is 0 Å². The Labute approximate surface area is 158 Å². The first-order valence-corrected chi connectivity index (χ1v) is 10.2. The summed E-state index contributed by atoms with van der Waals surface area (Å²) in [6, 6.07) is 4.99. The topological polar surface area (TPSA) is 60.6 Å². The van der Waals surface area contributed by atoms with Crippen LogP contribution in [0.5, 0.6) is 0 Å². The maximum atomic E-state index is 13.5. The van der Waals surface area contributed by atoms with E-state index in [1.807, 2.05) is 6.20 Å². The highest BCUT2D eigenvalue weighted by molar-refractivity contribution is 5.75. The molecule has 2 aromatic heterocycles. The second-order valence-corrected chi connectivity index (χ2v) is 8.12. The van der Waals surface area contributed by atoms with Crippen LogP contribution in [0, 0.1) is 11.7 Å². The lowest BCUT2D eigenvalue weighted by molar-refractivity contribution is 0.238. The van der Waals surface area contributed by atoms with Crippen molar-refractivity contribution in [2.24, 2.45) is 5.92 Å². The van der Waals surface area contributed by atoms with Crippen LogP contribution < -0.4 is 0 Å². The summed E-state index contributed by atoms with van der Waals surface area (Å²) in [4.78, 5) is 18.6. The van der Waals surface area contributed by atoms with E-state index in [4.69, 9.17) is 4.98 Å². The standard InChI is InChI=1S/C21H26FN5/c22-15-7-8-17-18(11-15)26-21(25-17)19-6-3-9-27(19)13-16-12-23-20(24-16)10-14-4-1-2-5-14/h7-8,11-12,14,19H,1-6,9-10,13H2,(H,23,24)(H,25,26)/t19-/m0/s1. The minimum Gasteiger partial charge on any atom is -0.345 e. The van der Waals surface area contributed by atoms with Crippen molar-refractivity contribution < 1.29 is 4.39 Å². The maximum Gasteiger partial charge on any atom is 0.125 e. The van der Waals surface area contributed by atoms with Gasteiger partial charge in [0.15, 0.2) is 0 Å². The number of aromatic amines is 2. The quantitative estimate of drug-likeness (QED) is 0.698. The van der Waals surface area contributed by atoms with Gasteiger partial charge in [-0.25, -0.2) is 14.4 Å². The van der Waals surface area contributed by atoms with Gasteiger partial charge in [0, 0.05) is 24.9 Å². The Kier molecular flexibility index (Phi) is 4.44. The third-order valence-corrected chi connectivity index (χ3v) is 6.15. The number of nitrogens with one attached hydrogen (secondary N) is 2. The average Bonchev–Trinajstić information content (AvgIpc) is 3.42. The van der Waals surface area contributed by atoms with Crippen LogP contribution in [0.25, 0.3) is 11.0 Å². The SMILES string of the molecule is Fc1ccc2nc([C@@H]3CCCN3Cc3cnc(CC4CCCC4)[nH]3)[nH]c2c1. The minimum atomic E-state index is -0.228.